The molecule has 2 rings (SSSR count). The van der Waals surface area contributed by atoms with Crippen LogP contribution in [0.2, 0.25) is 0 Å². The van der Waals surface area contributed by atoms with E-state index < -0.39 is 0 Å². The number of carbonyl (C=O) groups is 1. The third kappa shape index (κ3) is 3.03. The van der Waals surface area contributed by atoms with Gasteiger partial charge in [0.1, 0.15) is 11.6 Å². The third-order valence-corrected chi connectivity index (χ3v) is 2.54. The van der Waals surface area contributed by atoms with Gasteiger partial charge in [0, 0.05) is 18.4 Å². The third-order valence-electron chi connectivity index (χ3n) is 2.54. The molecule has 3 heteroatoms. The SMILES string of the molecule is Cc1cc(F)cc(C(=O)CCc2ccco2)c1. The smallest absolute Gasteiger partial charge is 0.163 e. The molecule has 0 N–H and O–H groups in total. The van der Waals surface area contributed by atoms with E-state index in [9.17, 15) is 9.18 Å². The van der Waals surface area contributed by atoms with Gasteiger partial charge in [-0.15, -0.1) is 0 Å². The number of benzene rings is 1. The number of aryl methyl sites for hydroxylation is 2. The van der Waals surface area contributed by atoms with E-state index in [0.29, 0.717) is 18.4 Å². The van der Waals surface area contributed by atoms with Gasteiger partial charge in [-0.3, -0.25) is 4.79 Å². The lowest BCUT2D eigenvalue weighted by molar-refractivity contribution is 0.0980. The summed E-state index contributed by atoms with van der Waals surface area (Å²) in [6.07, 6.45) is 2.45. The Hall–Kier alpha value is -1.90. The van der Waals surface area contributed by atoms with E-state index >= 15 is 0 Å². The molecular weight excluding hydrogens is 219 g/mol. The van der Waals surface area contributed by atoms with Crippen molar-refractivity contribution in [2.45, 2.75) is 19.8 Å². The summed E-state index contributed by atoms with van der Waals surface area (Å²) in [7, 11) is 0. The molecule has 0 amide bonds. The summed E-state index contributed by atoms with van der Waals surface area (Å²) in [5.74, 6) is 0.335. The minimum Gasteiger partial charge on any atom is -0.469 e. The minimum absolute atomic E-state index is 0.0657. The van der Waals surface area contributed by atoms with Crippen LogP contribution < -0.4 is 0 Å². The van der Waals surface area contributed by atoms with Crippen LogP contribution in [-0.4, -0.2) is 5.78 Å². The fraction of sp³-hybridized carbons (Fsp3) is 0.214. The second kappa shape index (κ2) is 4.95. The Morgan fingerprint density at radius 1 is 1.35 bits per heavy atom. The van der Waals surface area contributed by atoms with Crippen LogP contribution in [0.25, 0.3) is 0 Å². The first-order valence-electron chi connectivity index (χ1n) is 5.48. The zero-order valence-electron chi connectivity index (χ0n) is 9.57. The second-order valence-corrected chi connectivity index (χ2v) is 4.02. The molecule has 1 aromatic carbocycles. The predicted octanol–water partition coefficient (Wildman–Crippen LogP) is 3.54. The zero-order valence-corrected chi connectivity index (χ0v) is 9.57. The molecule has 88 valence electrons. The van der Waals surface area contributed by atoms with Crippen molar-refractivity contribution in [1.29, 1.82) is 0 Å². The Bertz CT molecular complexity index is 495. The van der Waals surface area contributed by atoms with Gasteiger partial charge in [-0.2, -0.15) is 0 Å². The lowest BCUT2D eigenvalue weighted by atomic mass is 10.0. The quantitative estimate of drug-likeness (QED) is 0.755. The van der Waals surface area contributed by atoms with Gasteiger partial charge in [0.05, 0.1) is 6.26 Å². The van der Waals surface area contributed by atoms with Gasteiger partial charge in [-0.05, 0) is 42.8 Å². The molecule has 0 saturated carbocycles. The van der Waals surface area contributed by atoms with E-state index in [0.717, 1.165) is 11.3 Å². The number of hydrogen-bond donors (Lipinski definition) is 0. The number of carbonyl (C=O) groups excluding carboxylic acids is 1. The number of rotatable bonds is 4. The highest BCUT2D eigenvalue weighted by atomic mass is 19.1. The van der Waals surface area contributed by atoms with Gasteiger partial charge in [-0.25, -0.2) is 4.39 Å². The first-order chi connectivity index (χ1) is 8.15. The van der Waals surface area contributed by atoms with Crippen LogP contribution in [0.5, 0.6) is 0 Å². The van der Waals surface area contributed by atoms with Crippen molar-refractivity contribution in [3.05, 3.63) is 59.3 Å². The molecule has 0 saturated heterocycles. The van der Waals surface area contributed by atoms with Crippen molar-refractivity contribution in [3.63, 3.8) is 0 Å². The molecule has 0 unspecified atom stereocenters. The van der Waals surface area contributed by atoms with E-state index in [4.69, 9.17) is 4.42 Å². The second-order valence-electron chi connectivity index (χ2n) is 4.02. The van der Waals surface area contributed by atoms with Crippen LogP contribution in [0.15, 0.2) is 41.0 Å². The van der Waals surface area contributed by atoms with Crippen LogP contribution in [0.4, 0.5) is 4.39 Å². The molecule has 17 heavy (non-hydrogen) atoms. The summed E-state index contributed by atoms with van der Waals surface area (Å²) in [6, 6.07) is 7.99. The van der Waals surface area contributed by atoms with Gasteiger partial charge in [0.15, 0.2) is 5.78 Å². The Morgan fingerprint density at radius 2 is 2.18 bits per heavy atom. The van der Waals surface area contributed by atoms with E-state index in [-0.39, 0.29) is 11.6 Å². The fourth-order valence-corrected chi connectivity index (χ4v) is 1.73. The van der Waals surface area contributed by atoms with Crippen LogP contribution >= 0.6 is 0 Å². The van der Waals surface area contributed by atoms with Crippen LogP contribution in [0.3, 0.4) is 0 Å². The van der Waals surface area contributed by atoms with E-state index in [1.54, 1.807) is 25.3 Å². The lowest BCUT2D eigenvalue weighted by Gasteiger charge is -2.02. The van der Waals surface area contributed by atoms with Crippen molar-refractivity contribution in [1.82, 2.24) is 0 Å². The zero-order chi connectivity index (χ0) is 12.3. The summed E-state index contributed by atoms with van der Waals surface area (Å²) < 4.78 is 18.3. The summed E-state index contributed by atoms with van der Waals surface area (Å²) in [4.78, 5) is 11.8. The highest BCUT2D eigenvalue weighted by Gasteiger charge is 2.09. The molecule has 0 aliphatic rings. The van der Waals surface area contributed by atoms with Crippen LogP contribution in [0.1, 0.15) is 28.1 Å². The number of furan rings is 1. The standard InChI is InChI=1S/C14H13FO2/c1-10-7-11(9-12(15)8-10)14(16)5-4-13-3-2-6-17-13/h2-3,6-9H,4-5H2,1H3. The number of hydrogen-bond acceptors (Lipinski definition) is 2. The molecule has 0 aliphatic heterocycles. The highest BCUT2D eigenvalue weighted by Crippen LogP contribution is 2.12. The average molecular weight is 232 g/mol. The van der Waals surface area contributed by atoms with Crippen molar-refractivity contribution >= 4 is 5.78 Å². The van der Waals surface area contributed by atoms with Crippen molar-refractivity contribution < 1.29 is 13.6 Å². The first kappa shape index (κ1) is 11.6. The summed E-state index contributed by atoms with van der Waals surface area (Å²) in [5, 5.41) is 0. The monoisotopic (exact) mass is 232 g/mol. The van der Waals surface area contributed by atoms with Crippen LogP contribution in [0, 0.1) is 12.7 Å². The van der Waals surface area contributed by atoms with Crippen molar-refractivity contribution in [2.75, 3.05) is 0 Å². The number of halogens is 1. The molecule has 0 bridgehead atoms. The van der Waals surface area contributed by atoms with E-state index in [1.165, 1.54) is 12.1 Å². The Balaban J connectivity index is 2.04. The highest BCUT2D eigenvalue weighted by molar-refractivity contribution is 5.96. The van der Waals surface area contributed by atoms with Crippen LogP contribution in [-0.2, 0) is 6.42 Å². The summed E-state index contributed by atoms with van der Waals surface area (Å²) in [6.45, 7) is 1.77. The Kier molecular flexibility index (Phi) is 3.38. The molecule has 2 aromatic rings. The number of Topliss-reactive ketones (excluding diaryl/α,β-unsaturated/α-hetero) is 1. The molecule has 1 aromatic heterocycles. The maximum atomic E-state index is 13.1. The molecule has 0 aliphatic carbocycles. The predicted molar refractivity (Wildman–Crippen MR) is 62.5 cm³/mol. The van der Waals surface area contributed by atoms with Gasteiger partial charge >= 0.3 is 0 Å². The molecule has 1 heterocycles. The largest absolute Gasteiger partial charge is 0.469 e. The van der Waals surface area contributed by atoms with Gasteiger partial charge < -0.3 is 4.42 Å². The molecule has 0 fully saturated rings. The Labute approximate surface area is 99.1 Å². The molecule has 0 radical (unpaired) electrons. The topological polar surface area (TPSA) is 30.2 Å². The first-order valence-corrected chi connectivity index (χ1v) is 5.48. The van der Waals surface area contributed by atoms with Gasteiger partial charge in [0.2, 0.25) is 0 Å². The normalized spacial score (nSPS) is 10.5. The summed E-state index contributed by atoms with van der Waals surface area (Å²) in [5.41, 5.74) is 1.18. The average Bonchev–Trinajstić information content (AvgIpc) is 2.77. The molecule has 0 spiro atoms. The molecule has 2 nitrogen and oxygen atoms in total. The van der Waals surface area contributed by atoms with Gasteiger partial charge in [-0.1, -0.05) is 0 Å². The Morgan fingerprint density at radius 3 is 2.82 bits per heavy atom. The van der Waals surface area contributed by atoms with Gasteiger partial charge in [0.25, 0.3) is 0 Å². The van der Waals surface area contributed by atoms with Crippen molar-refractivity contribution in [3.8, 4) is 0 Å². The van der Waals surface area contributed by atoms with E-state index in [2.05, 4.69) is 0 Å². The minimum atomic E-state index is -0.369. The maximum absolute atomic E-state index is 13.1. The molecular formula is C14H13FO2. The lowest BCUT2D eigenvalue weighted by Crippen LogP contribution is -2.02. The fourth-order valence-electron chi connectivity index (χ4n) is 1.73. The molecule has 0 atom stereocenters. The van der Waals surface area contributed by atoms with Crippen molar-refractivity contribution in [2.24, 2.45) is 0 Å². The maximum Gasteiger partial charge on any atom is 0.163 e. The van der Waals surface area contributed by atoms with E-state index in [1.807, 2.05) is 6.07 Å². The number of ketones is 1. The summed E-state index contributed by atoms with van der Waals surface area (Å²) >= 11 is 0.